The smallest absolute Gasteiger partial charge is 0.267 e. The zero-order valence-corrected chi connectivity index (χ0v) is 12.0. The highest BCUT2D eigenvalue weighted by Gasteiger charge is 2.09. The molecule has 0 spiro atoms. The fourth-order valence-corrected chi connectivity index (χ4v) is 2.58. The molecule has 0 radical (unpaired) electrons. The maximum atomic E-state index is 12.0. The summed E-state index contributed by atoms with van der Waals surface area (Å²) in [7, 11) is 0. The van der Waals surface area contributed by atoms with Crippen molar-refractivity contribution >= 4 is 34.6 Å². The fraction of sp³-hybridized carbons (Fsp3) is 0.143. The molecule has 98 valence electrons. The van der Waals surface area contributed by atoms with Crippen LogP contribution in [0.4, 0.5) is 0 Å². The number of carbonyl (C=O) groups is 1. The van der Waals surface area contributed by atoms with E-state index in [-0.39, 0.29) is 5.91 Å². The Kier molecular flexibility index (Phi) is 4.71. The highest BCUT2D eigenvalue weighted by molar-refractivity contribution is 7.12. The van der Waals surface area contributed by atoms with Crippen LogP contribution < -0.4 is 5.43 Å². The maximum absolute atomic E-state index is 12.0. The van der Waals surface area contributed by atoms with Gasteiger partial charge in [-0.15, -0.1) is 11.3 Å². The zero-order chi connectivity index (χ0) is 13.7. The second kappa shape index (κ2) is 6.50. The standard InChI is InChI=1S/C14H13ClN2OS/c1-2-12(13-8-5-9-19-13)16-17-14(18)10-6-3-4-7-11(10)15/h3-9H,2H2,1H3,(H,17,18)/b16-12-. The van der Waals surface area contributed by atoms with Crippen LogP contribution >= 0.6 is 22.9 Å². The van der Waals surface area contributed by atoms with Gasteiger partial charge < -0.3 is 0 Å². The Hall–Kier alpha value is -1.65. The topological polar surface area (TPSA) is 41.5 Å². The van der Waals surface area contributed by atoms with Gasteiger partial charge in [0.15, 0.2) is 0 Å². The Morgan fingerprint density at radius 2 is 2.11 bits per heavy atom. The van der Waals surface area contributed by atoms with E-state index < -0.39 is 0 Å². The number of hydrazone groups is 1. The van der Waals surface area contributed by atoms with Crippen LogP contribution in [0.3, 0.4) is 0 Å². The summed E-state index contributed by atoms with van der Waals surface area (Å²) in [5, 5.41) is 6.57. The molecule has 0 fully saturated rings. The first-order valence-corrected chi connectivity index (χ1v) is 7.13. The SMILES string of the molecule is CC/C(=N/NC(=O)c1ccccc1Cl)c1cccs1. The maximum Gasteiger partial charge on any atom is 0.272 e. The van der Waals surface area contributed by atoms with Crippen LogP contribution in [0, 0.1) is 0 Å². The number of nitrogens with zero attached hydrogens (tertiary/aromatic N) is 1. The molecular formula is C14H13ClN2OS. The first kappa shape index (κ1) is 13.8. The van der Waals surface area contributed by atoms with Crippen molar-refractivity contribution in [2.75, 3.05) is 0 Å². The lowest BCUT2D eigenvalue weighted by Gasteiger charge is -2.04. The molecule has 0 saturated carbocycles. The van der Waals surface area contributed by atoms with E-state index in [1.165, 1.54) is 0 Å². The summed E-state index contributed by atoms with van der Waals surface area (Å²) < 4.78 is 0. The summed E-state index contributed by atoms with van der Waals surface area (Å²) in [6, 6.07) is 10.8. The van der Waals surface area contributed by atoms with Crippen LogP contribution in [-0.4, -0.2) is 11.6 Å². The second-order valence-corrected chi connectivity index (χ2v) is 5.17. The summed E-state index contributed by atoms with van der Waals surface area (Å²) >= 11 is 7.56. The first-order valence-electron chi connectivity index (χ1n) is 5.87. The second-order valence-electron chi connectivity index (χ2n) is 3.81. The third-order valence-electron chi connectivity index (χ3n) is 2.55. The molecule has 5 heteroatoms. The van der Waals surface area contributed by atoms with Gasteiger partial charge in [-0.1, -0.05) is 36.7 Å². The van der Waals surface area contributed by atoms with E-state index in [4.69, 9.17) is 11.6 Å². The van der Waals surface area contributed by atoms with E-state index in [1.54, 1.807) is 35.6 Å². The van der Waals surface area contributed by atoms with Gasteiger partial charge in [-0.2, -0.15) is 5.10 Å². The van der Waals surface area contributed by atoms with Gasteiger partial charge >= 0.3 is 0 Å². The third kappa shape index (κ3) is 3.43. The molecule has 0 aliphatic heterocycles. The van der Waals surface area contributed by atoms with Crippen molar-refractivity contribution in [1.82, 2.24) is 5.43 Å². The van der Waals surface area contributed by atoms with Gasteiger partial charge in [-0.3, -0.25) is 4.79 Å². The third-order valence-corrected chi connectivity index (χ3v) is 3.80. The summed E-state index contributed by atoms with van der Waals surface area (Å²) in [5.41, 5.74) is 3.83. The number of halogens is 1. The monoisotopic (exact) mass is 292 g/mol. The van der Waals surface area contributed by atoms with Crippen LogP contribution in [0.15, 0.2) is 46.9 Å². The van der Waals surface area contributed by atoms with Crippen LogP contribution in [0.25, 0.3) is 0 Å². The molecule has 0 atom stereocenters. The average molecular weight is 293 g/mol. The predicted molar refractivity (Wildman–Crippen MR) is 80.1 cm³/mol. The summed E-state index contributed by atoms with van der Waals surface area (Å²) in [5.74, 6) is -0.298. The number of amides is 1. The minimum atomic E-state index is -0.298. The first-order chi connectivity index (χ1) is 9.22. The van der Waals surface area contributed by atoms with Crippen molar-refractivity contribution in [2.45, 2.75) is 13.3 Å². The van der Waals surface area contributed by atoms with Crippen LogP contribution in [0.1, 0.15) is 28.6 Å². The minimum absolute atomic E-state index is 0.298. The van der Waals surface area contributed by atoms with E-state index >= 15 is 0 Å². The van der Waals surface area contributed by atoms with E-state index in [0.717, 1.165) is 17.0 Å². The highest BCUT2D eigenvalue weighted by atomic mass is 35.5. The molecule has 1 aromatic carbocycles. The molecule has 0 saturated heterocycles. The number of benzene rings is 1. The van der Waals surface area contributed by atoms with Gasteiger partial charge in [0, 0.05) is 0 Å². The lowest BCUT2D eigenvalue weighted by molar-refractivity contribution is 0.0955. The van der Waals surface area contributed by atoms with Gasteiger partial charge in [-0.25, -0.2) is 5.43 Å². The molecule has 0 aliphatic carbocycles. The van der Waals surface area contributed by atoms with E-state index in [1.807, 2.05) is 24.4 Å². The van der Waals surface area contributed by atoms with E-state index in [9.17, 15) is 4.79 Å². The molecular weight excluding hydrogens is 280 g/mol. The lowest BCUT2D eigenvalue weighted by atomic mass is 10.2. The molecule has 3 nitrogen and oxygen atoms in total. The molecule has 1 amide bonds. The molecule has 2 aromatic rings. The van der Waals surface area contributed by atoms with Gasteiger partial charge in [0.2, 0.25) is 0 Å². The van der Waals surface area contributed by atoms with E-state index in [2.05, 4.69) is 10.5 Å². The van der Waals surface area contributed by atoms with Gasteiger partial charge in [-0.05, 0) is 30.0 Å². The van der Waals surface area contributed by atoms with Crippen molar-refractivity contribution < 1.29 is 4.79 Å². The summed E-state index contributed by atoms with van der Waals surface area (Å²) in [4.78, 5) is 13.0. The molecule has 1 N–H and O–H groups in total. The molecule has 1 heterocycles. The van der Waals surface area contributed by atoms with Gasteiger partial charge in [0.05, 0.1) is 21.2 Å². The zero-order valence-electron chi connectivity index (χ0n) is 10.4. The van der Waals surface area contributed by atoms with Crippen molar-refractivity contribution in [3.63, 3.8) is 0 Å². The summed E-state index contributed by atoms with van der Waals surface area (Å²) in [6.45, 7) is 2.00. The fourth-order valence-electron chi connectivity index (χ4n) is 1.57. The number of hydrogen-bond acceptors (Lipinski definition) is 3. The number of carbonyl (C=O) groups excluding carboxylic acids is 1. The largest absolute Gasteiger partial charge is 0.272 e. The Morgan fingerprint density at radius 1 is 1.32 bits per heavy atom. The number of rotatable bonds is 4. The Bertz CT molecular complexity index is 593. The Labute approximate surface area is 120 Å². The lowest BCUT2D eigenvalue weighted by Crippen LogP contribution is -2.20. The molecule has 0 aliphatic rings. The number of hydrogen-bond donors (Lipinski definition) is 1. The van der Waals surface area contributed by atoms with Crippen molar-refractivity contribution in [3.05, 3.63) is 57.2 Å². The predicted octanol–water partition coefficient (Wildman–Crippen LogP) is 3.95. The molecule has 0 bridgehead atoms. The van der Waals surface area contributed by atoms with Crippen molar-refractivity contribution in [2.24, 2.45) is 5.10 Å². The molecule has 0 unspecified atom stereocenters. The molecule has 2 rings (SSSR count). The van der Waals surface area contributed by atoms with Crippen LogP contribution in [0.5, 0.6) is 0 Å². The normalized spacial score (nSPS) is 11.4. The van der Waals surface area contributed by atoms with Crippen molar-refractivity contribution in [3.8, 4) is 0 Å². The van der Waals surface area contributed by atoms with Gasteiger partial charge in [0.25, 0.3) is 5.91 Å². The Morgan fingerprint density at radius 3 is 2.74 bits per heavy atom. The average Bonchev–Trinajstić information content (AvgIpc) is 2.94. The van der Waals surface area contributed by atoms with Gasteiger partial charge in [0.1, 0.15) is 0 Å². The van der Waals surface area contributed by atoms with E-state index in [0.29, 0.717) is 10.6 Å². The molecule has 1 aromatic heterocycles. The number of nitrogens with one attached hydrogen (secondary N) is 1. The quantitative estimate of drug-likeness (QED) is 0.673. The number of thiophene rings is 1. The van der Waals surface area contributed by atoms with Crippen molar-refractivity contribution in [1.29, 1.82) is 0 Å². The van der Waals surface area contributed by atoms with Crippen LogP contribution in [-0.2, 0) is 0 Å². The molecule has 19 heavy (non-hydrogen) atoms. The van der Waals surface area contributed by atoms with Crippen LogP contribution in [0.2, 0.25) is 5.02 Å². The summed E-state index contributed by atoms with van der Waals surface area (Å²) in [6.07, 6.45) is 0.753. The highest BCUT2D eigenvalue weighted by Crippen LogP contribution is 2.15. The minimum Gasteiger partial charge on any atom is -0.267 e. The Balaban J connectivity index is 2.13.